The van der Waals surface area contributed by atoms with E-state index in [0.717, 1.165) is 42.7 Å². The molecule has 7 heteroatoms. The number of nitrogens with zero attached hydrogens (tertiary/aromatic N) is 3. The van der Waals surface area contributed by atoms with Crippen molar-refractivity contribution in [3.05, 3.63) is 36.4 Å². The lowest BCUT2D eigenvalue weighted by Gasteiger charge is -2.21. The first-order valence-corrected chi connectivity index (χ1v) is 8.12. The molecule has 0 aromatic carbocycles. The van der Waals surface area contributed by atoms with E-state index in [4.69, 9.17) is 9.47 Å². The molecular weight excluding hydrogens is 308 g/mol. The van der Waals surface area contributed by atoms with Crippen LogP contribution in [0.5, 0.6) is 0 Å². The van der Waals surface area contributed by atoms with E-state index in [1.54, 1.807) is 23.3 Å². The summed E-state index contributed by atoms with van der Waals surface area (Å²) in [4.78, 5) is 16.0. The SMILES string of the molecule is Cn1cc(-c2cncc(CNC(=O)OCC3CCOCC3)c2)cn1. The van der Waals surface area contributed by atoms with Crippen LogP contribution in [-0.2, 0) is 23.1 Å². The van der Waals surface area contributed by atoms with Gasteiger partial charge in [0.05, 0.1) is 12.8 Å². The summed E-state index contributed by atoms with van der Waals surface area (Å²) in [5.74, 6) is 0.403. The minimum atomic E-state index is -0.395. The fourth-order valence-electron chi connectivity index (χ4n) is 2.64. The van der Waals surface area contributed by atoms with Crippen LogP contribution in [0.2, 0.25) is 0 Å². The molecule has 24 heavy (non-hydrogen) atoms. The number of rotatable bonds is 5. The van der Waals surface area contributed by atoms with E-state index < -0.39 is 6.09 Å². The third-order valence-corrected chi connectivity index (χ3v) is 4.06. The molecule has 7 nitrogen and oxygen atoms in total. The van der Waals surface area contributed by atoms with Gasteiger partial charge in [-0.15, -0.1) is 0 Å². The summed E-state index contributed by atoms with van der Waals surface area (Å²) in [5.41, 5.74) is 2.88. The van der Waals surface area contributed by atoms with Crippen LogP contribution in [-0.4, -0.2) is 40.7 Å². The number of hydrogen-bond acceptors (Lipinski definition) is 5. The highest BCUT2D eigenvalue weighted by molar-refractivity contribution is 5.67. The first-order chi connectivity index (χ1) is 11.7. The number of carbonyl (C=O) groups excluding carboxylic acids is 1. The minimum Gasteiger partial charge on any atom is -0.449 e. The Bertz CT molecular complexity index is 680. The van der Waals surface area contributed by atoms with Crippen molar-refractivity contribution < 1.29 is 14.3 Å². The third-order valence-electron chi connectivity index (χ3n) is 4.06. The normalized spacial score (nSPS) is 15.2. The second kappa shape index (κ2) is 7.92. The van der Waals surface area contributed by atoms with Crippen molar-refractivity contribution in [3.8, 4) is 11.1 Å². The van der Waals surface area contributed by atoms with E-state index >= 15 is 0 Å². The van der Waals surface area contributed by atoms with E-state index in [0.29, 0.717) is 19.1 Å². The molecule has 0 aliphatic carbocycles. The molecule has 0 saturated carbocycles. The van der Waals surface area contributed by atoms with Gasteiger partial charge >= 0.3 is 6.09 Å². The zero-order chi connectivity index (χ0) is 16.8. The molecule has 0 unspecified atom stereocenters. The Morgan fingerprint density at radius 3 is 2.92 bits per heavy atom. The Morgan fingerprint density at radius 2 is 2.17 bits per heavy atom. The molecule has 0 spiro atoms. The minimum absolute atomic E-state index is 0.383. The quantitative estimate of drug-likeness (QED) is 0.909. The van der Waals surface area contributed by atoms with Crippen LogP contribution in [0.25, 0.3) is 11.1 Å². The predicted molar refractivity (Wildman–Crippen MR) is 88.2 cm³/mol. The van der Waals surface area contributed by atoms with E-state index in [-0.39, 0.29) is 0 Å². The molecular formula is C17H22N4O3. The number of alkyl carbamates (subject to hydrolysis) is 1. The molecule has 1 amide bonds. The fraction of sp³-hybridized carbons (Fsp3) is 0.471. The number of aromatic nitrogens is 3. The van der Waals surface area contributed by atoms with Crippen molar-refractivity contribution in [1.82, 2.24) is 20.1 Å². The average molecular weight is 330 g/mol. The van der Waals surface area contributed by atoms with Crippen LogP contribution in [0.15, 0.2) is 30.9 Å². The van der Waals surface area contributed by atoms with Gasteiger partial charge in [0.15, 0.2) is 0 Å². The molecule has 1 aliphatic heterocycles. The smallest absolute Gasteiger partial charge is 0.407 e. The Kier molecular flexibility index (Phi) is 5.43. The van der Waals surface area contributed by atoms with Crippen molar-refractivity contribution in [2.24, 2.45) is 13.0 Å². The van der Waals surface area contributed by atoms with Gasteiger partial charge in [0, 0.05) is 56.5 Å². The van der Waals surface area contributed by atoms with Gasteiger partial charge in [0.25, 0.3) is 0 Å². The molecule has 0 radical (unpaired) electrons. The number of aryl methyl sites for hydroxylation is 1. The molecule has 1 N–H and O–H groups in total. The summed E-state index contributed by atoms with van der Waals surface area (Å²) in [6.07, 6.45) is 8.73. The van der Waals surface area contributed by atoms with Crippen LogP contribution in [0.4, 0.5) is 4.79 Å². The van der Waals surface area contributed by atoms with E-state index in [1.807, 2.05) is 19.3 Å². The highest BCUT2D eigenvalue weighted by Crippen LogP contribution is 2.18. The van der Waals surface area contributed by atoms with Crippen molar-refractivity contribution in [2.75, 3.05) is 19.8 Å². The van der Waals surface area contributed by atoms with Crippen LogP contribution in [0.1, 0.15) is 18.4 Å². The van der Waals surface area contributed by atoms with E-state index in [1.165, 1.54) is 0 Å². The van der Waals surface area contributed by atoms with Gasteiger partial charge in [-0.2, -0.15) is 5.10 Å². The summed E-state index contributed by atoms with van der Waals surface area (Å²) in [6.45, 7) is 2.34. The number of amides is 1. The maximum absolute atomic E-state index is 11.8. The highest BCUT2D eigenvalue weighted by atomic mass is 16.5. The number of ether oxygens (including phenoxy) is 2. The molecule has 2 aromatic rings. The van der Waals surface area contributed by atoms with Crippen molar-refractivity contribution in [3.63, 3.8) is 0 Å². The van der Waals surface area contributed by atoms with Crippen molar-refractivity contribution in [2.45, 2.75) is 19.4 Å². The maximum Gasteiger partial charge on any atom is 0.407 e. The van der Waals surface area contributed by atoms with Gasteiger partial charge < -0.3 is 14.8 Å². The van der Waals surface area contributed by atoms with Gasteiger partial charge in [-0.25, -0.2) is 4.79 Å². The van der Waals surface area contributed by atoms with Crippen molar-refractivity contribution in [1.29, 1.82) is 0 Å². The molecule has 1 aliphatic rings. The molecule has 2 aromatic heterocycles. The van der Waals surface area contributed by atoms with Gasteiger partial charge in [-0.1, -0.05) is 0 Å². The highest BCUT2D eigenvalue weighted by Gasteiger charge is 2.15. The summed E-state index contributed by atoms with van der Waals surface area (Å²) >= 11 is 0. The zero-order valence-electron chi connectivity index (χ0n) is 13.8. The summed E-state index contributed by atoms with van der Waals surface area (Å²) in [6, 6.07) is 1.99. The van der Waals surface area contributed by atoms with Crippen LogP contribution in [0.3, 0.4) is 0 Å². The van der Waals surface area contributed by atoms with Crippen molar-refractivity contribution >= 4 is 6.09 Å². The Hall–Kier alpha value is -2.41. The predicted octanol–water partition coefficient (Wildman–Crippen LogP) is 2.13. The number of pyridine rings is 1. The molecule has 3 rings (SSSR count). The van der Waals surface area contributed by atoms with Crippen LogP contribution >= 0.6 is 0 Å². The lowest BCUT2D eigenvalue weighted by Crippen LogP contribution is -2.28. The van der Waals surface area contributed by atoms with Gasteiger partial charge in [-0.3, -0.25) is 9.67 Å². The lowest BCUT2D eigenvalue weighted by atomic mass is 10.0. The molecule has 0 bridgehead atoms. The monoisotopic (exact) mass is 330 g/mol. The maximum atomic E-state index is 11.8. The Labute approximate surface area is 141 Å². The fourth-order valence-corrected chi connectivity index (χ4v) is 2.64. The molecule has 1 saturated heterocycles. The molecule has 1 fully saturated rings. The van der Waals surface area contributed by atoms with E-state index in [2.05, 4.69) is 15.4 Å². The van der Waals surface area contributed by atoms with Crippen LogP contribution in [0, 0.1) is 5.92 Å². The Morgan fingerprint density at radius 1 is 1.33 bits per heavy atom. The second-order valence-electron chi connectivity index (χ2n) is 5.99. The summed E-state index contributed by atoms with van der Waals surface area (Å²) in [7, 11) is 1.87. The summed E-state index contributed by atoms with van der Waals surface area (Å²) in [5, 5.41) is 6.93. The largest absolute Gasteiger partial charge is 0.449 e. The molecule has 128 valence electrons. The number of hydrogen-bond donors (Lipinski definition) is 1. The lowest BCUT2D eigenvalue weighted by molar-refractivity contribution is 0.0379. The van der Waals surface area contributed by atoms with Gasteiger partial charge in [0.2, 0.25) is 0 Å². The molecule has 3 heterocycles. The molecule has 0 atom stereocenters. The topological polar surface area (TPSA) is 78.3 Å². The Balaban J connectivity index is 1.48. The third kappa shape index (κ3) is 4.55. The average Bonchev–Trinajstić information content (AvgIpc) is 3.06. The van der Waals surface area contributed by atoms with Gasteiger partial charge in [0.1, 0.15) is 0 Å². The first kappa shape index (κ1) is 16.4. The van der Waals surface area contributed by atoms with Crippen LogP contribution < -0.4 is 5.32 Å². The summed E-state index contributed by atoms with van der Waals surface area (Å²) < 4.78 is 12.3. The standard InChI is InChI=1S/C17H22N4O3/c1-21-11-16(10-20-21)15-6-14(7-18-9-15)8-19-17(22)24-12-13-2-4-23-5-3-13/h6-7,9-11,13H,2-5,8,12H2,1H3,(H,19,22). The number of carbonyl (C=O) groups is 1. The number of nitrogens with one attached hydrogen (secondary N) is 1. The first-order valence-electron chi connectivity index (χ1n) is 8.12. The van der Waals surface area contributed by atoms with E-state index in [9.17, 15) is 4.79 Å². The second-order valence-corrected chi connectivity index (χ2v) is 5.99. The van der Waals surface area contributed by atoms with Gasteiger partial charge in [-0.05, 0) is 30.4 Å². The zero-order valence-corrected chi connectivity index (χ0v) is 13.8.